The van der Waals surface area contributed by atoms with Gasteiger partial charge in [-0.3, -0.25) is 0 Å². The first-order valence-corrected chi connectivity index (χ1v) is 4.65. The molecule has 0 aromatic heterocycles. The van der Waals surface area contributed by atoms with Crippen LogP contribution in [0.25, 0.3) is 0 Å². The predicted octanol–water partition coefficient (Wildman–Crippen LogP) is 4.02. The Kier molecular flexibility index (Phi) is 4.48. The molecule has 0 aliphatic carbocycles. The molecular formula is C11H22. The second kappa shape index (κ2) is 4.58. The van der Waals surface area contributed by atoms with Gasteiger partial charge < -0.3 is 0 Å². The van der Waals surface area contributed by atoms with Crippen molar-refractivity contribution < 1.29 is 0 Å². The van der Waals surface area contributed by atoms with E-state index in [4.69, 9.17) is 0 Å². The molecular weight excluding hydrogens is 132 g/mol. The van der Waals surface area contributed by atoms with Crippen molar-refractivity contribution in [3.05, 3.63) is 12.7 Å². The van der Waals surface area contributed by atoms with Gasteiger partial charge in [-0.2, -0.15) is 0 Å². The van der Waals surface area contributed by atoms with Crippen LogP contribution in [0.15, 0.2) is 12.7 Å². The van der Waals surface area contributed by atoms with E-state index in [0.717, 1.165) is 12.3 Å². The summed E-state index contributed by atoms with van der Waals surface area (Å²) in [5.74, 6) is 0.811. The molecule has 0 aliphatic heterocycles. The van der Waals surface area contributed by atoms with Gasteiger partial charge in [0.25, 0.3) is 0 Å². The second-order valence-corrected chi connectivity index (χ2v) is 4.17. The molecule has 0 aliphatic rings. The summed E-state index contributed by atoms with van der Waals surface area (Å²) >= 11 is 0. The third kappa shape index (κ3) is 3.60. The lowest BCUT2D eigenvalue weighted by Gasteiger charge is -2.30. The quantitative estimate of drug-likeness (QED) is 0.524. The summed E-state index contributed by atoms with van der Waals surface area (Å²) in [6, 6.07) is 0. The van der Waals surface area contributed by atoms with Crippen molar-refractivity contribution in [2.24, 2.45) is 11.3 Å². The first-order chi connectivity index (χ1) is 5.04. The van der Waals surface area contributed by atoms with Crippen molar-refractivity contribution in [3.8, 4) is 0 Å². The van der Waals surface area contributed by atoms with Crippen molar-refractivity contribution in [1.29, 1.82) is 0 Å². The summed E-state index contributed by atoms with van der Waals surface area (Å²) in [6.07, 6.45) is 5.79. The Balaban J connectivity index is 3.93. The minimum Gasteiger partial charge on any atom is -0.103 e. The summed E-state index contributed by atoms with van der Waals surface area (Å²) in [5, 5.41) is 0. The smallest absolute Gasteiger partial charge is 0.0294 e. The highest BCUT2D eigenvalue weighted by Crippen LogP contribution is 2.33. The Labute approximate surface area is 71.7 Å². The second-order valence-electron chi connectivity index (χ2n) is 4.17. The van der Waals surface area contributed by atoms with Gasteiger partial charge >= 0.3 is 0 Å². The Morgan fingerprint density at radius 3 is 2.36 bits per heavy atom. The lowest BCUT2D eigenvalue weighted by Crippen LogP contribution is -2.20. The van der Waals surface area contributed by atoms with E-state index in [1.165, 1.54) is 12.8 Å². The molecule has 0 fully saturated rings. The zero-order chi connectivity index (χ0) is 8.91. The topological polar surface area (TPSA) is 0 Å². The van der Waals surface area contributed by atoms with E-state index in [1.807, 2.05) is 6.08 Å². The number of allylic oxidation sites excluding steroid dienone is 1. The van der Waals surface area contributed by atoms with E-state index >= 15 is 0 Å². The lowest BCUT2D eigenvalue weighted by atomic mass is 9.75. The molecule has 0 N–H and O–H groups in total. The van der Waals surface area contributed by atoms with Gasteiger partial charge in [0, 0.05) is 0 Å². The largest absolute Gasteiger partial charge is 0.103 e. The van der Waals surface area contributed by atoms with Crippen LogP contribution in [-0.4, -0.2) is 0 Å². The van der Waals surface area contributed by atoms with Crippen LogP contribution in [0.5, 0.6) is 0 Å². The fourth-order valence-corrected chi connectivity index (χ4v) is 1.40. The van der Waals surface area contributed by atoms with Crippen LogP contribution in [0, 0.1) is 11.3 Å². The van der Waals surface area contributed by atoms with Gasteiger partial charge in [0.15, 0.2) is 0 Å². The summed E-state index contributed by atoms with van der Waals surface area (Å²) in [6.45, 7) is 13.0. The van der Waals surface area contributed by atoms with Crippen molar-refractivity contribution in [1.82, 2.24) is 0 Å². The highest BCUT2D eigenvalue weighted by Gasteiger charge is 2.22. The minimum absolute atomic E-state index is 0.442. The van der Waals surface area contributed by atoms with Crippen molar-refractivity contribution >= 4 is 0 Å². The number of hydrogen-bond donors (Lipinski definition) is 0. The van der Waals surface area contributed by atoms with Crippen LogP contribution in [0.2, 0.25) is 0 Å². The van der Waals surface area contributed by atoms with Crippen LogP contribution in [0.1, 0.15) is 47.0 Å². The number of rotatable bonds is 5. The molecule has 0 heteroatoms. The van der Waals surface area contributed by atoms with Crippen molar-refractivity contribution in [2.45, 2.75) is 47.0 Å². The fourth-order valence-electron chi connectivity index (χ4n) is 1.40. The van der Waals surface area contributed by atoms with Gasteiger partial charge in [0.1, 0.15) is 0 Å². The van der Waals surface area contributed by atoms with Crippen LogP contribution in [-0.2, 0) is 0 Å². The summed E-state index contributed by atoms with van der Waals surface area (Å²) in [4.78, 5) is 0. The Bertz CT molecular complexity index is 111. The van der Waals surface area contributed by atoms with Gasteiger partial charge in [-0.05, 0) is 17.8 Å². The molecule has 0 bridgehead atoms. The van der Waals surface area contributed by atoms with E-state index in [-0.39, 0.29) is 0 Å². The fraction of sp³-hybridized carbons (Fsp3) is 0.818. The summed E-state index contributed by atoms with van der Waals surface area (Å²) in [5.41, 5.74) is 0.442. The van der Waals surface area contributed by atoms with Gasteiger partial charge in [-0.1, -0.05) is 46.6 Å². The maximum atomic E-state index is 3.79. The average Bonchev–Trinajstić information content (AvgIpc) is 1.88. The molecule has 0 amide bonds. The lowest BCUT2D eigenvalue weighted by molar-refractivity contribution is 0.220. The maximum Gasteiger partial charge on any atom is -0.0294 e. The molecule has 0 saturated heterocycles. The highest BCUT2D eigenvalue weighted by molar-refractivity contribution is 4.83. The predicted molar refractivity (Wildman–Crippen MR) is 52.7 cm³/mol. The van der Waals surface area contributed by atoms with Crippen molar-refractivity contribution in [3.63, 3.8) is 0 Å². The van der Waals surface area contributed by atoms with Crippen molar-refractivity contribution in [2.75, 3.05) is 0 Å². The molecule has 0 spiro atoms. The molecule has 0 rings (SSSR count). The summed E-state index contributed by atoms with van der Waals surface area (Å²) in [7, 11) is 0. The van der Waals surface area contributed by atoms with Gasteiger partial charge in [-0.15, -0.1) is 6.58 Å². The SMILES string of the molecule is C=CCC(C)(C)C(C)CCC. The average molecular weight is 154 g/mol. The van der Waals surface area contributed by atoms with Crippen LogP contribution >= 0.6 is 0 Å². The van der Waals surface area contributed by atoms with E-state index in [0.29, 0.717) is 5.41 Å². The Hall–Kier alpha value is -0.260. The Morgan fingerprint density at radius 2 is 2.00 bits per heavy atom. The molecule has 0 saturated carbocycles. The molecule has 11 heavy (non-hydrogen) atoms. The number of hydrogen-bond acceptors (Lipinski definition) is 0. The third-order valence-electron chi connectivity index (χ3n) is 2.73. The molecule has 0 heterocycles. The molecule has 1 atom stereocenters. The van der Waals surface area contributed by atoms with Crippen LogP contribution < -0.4 is 0 Å². The monoisotopic (exact) mass is 154 g/mol. The van der Waals surface area contributed by atoms with Gasteiger partial charge in [0.05, 0.1) is 0 Å². The molecule has 0 aromatic carbocycles. The van der Waals surface area contributed by atoms with E-state index in [2.05, 4.69) is 34.3 Å². The summed E-state index contributed by atoms with van der Waals surface area (Å²) < 4.78 is 0. The molecule has 0 radical (unpaired) electrons. The first kappa shape index (κ1) is 10.7. The Morgan fingerprint density at radius 1 is 1.45 bits per heavy atom. The standard InChI is InChI=1S/C11H22/c1-6-8-10(3)11(4,5)9-7-2/h7,10H,2,6,8-9H2,1,3-5H3. The highest BCUT2D eigenvalue weighted by atomic mass is 14.3. The third-order valence-corrected chi connectivity index (χ3v) is 2.73. The van der Waals surface area contributed by atoms with Gasteiger partial charge in [0.2, 0.25) is 0 Å². The maximum absolute atomic E-state index is 3.79. The normalized spacial score (nSPS) is 14.5. The van der Waals surface area contributed by atoms with Crippen LogP contribution in [0.4, 0.5) is 0 Å². The zero-order valence-electron chi connectivity index (χ0n) is 8.48. The molecule has 66 valence electrons. The first-order valence-electron chi connectivity index (χ1n) is 4.65. The van der Waals surface area contributed by atoms with Gasteiger partial charge in [-0.25, -0.2) is 0 Å². The zero-order valence-corrected chi connectivity index (χ0v) is 8.48. The molecule has 0 aromatic rings. The van der Waals surface area contributed by atoms with Crippen LogP contribution in [0.3, 0.4) is 0 Å². The minimum atomic E-state index is 0.442. The van der Waals surface area contributed by atoms with E-state index in [1.54, 1.807) is 0 Å². The molecule has 1 unspecified atom stereocenters. The van der Waals surface area contributed by atoms with E-state index < -0.39 is 0 Å². The van der Waals surface area contributed by atoms with E-state index in [9.17, 15) is 0 Å². The molecule has 0 nitrogen and oxygen atoms in total.